The van der Waals surface area contributed by atoms with E-state index in [2.05, 4.69) is 35.6 Å². The average Bonchev–Trinajstić information content (AvgIpc) is 2.80. The Hall–Kier alpha value is -3.18. The molecule has 0 heterocycles. The maximum atomic E-state index is 13.4. The summed E-state index contributed by atoms with van der Waals surface area (Å²) in [5.74, 6) is -0.174. The van der Waals surface area contributed by atoms with E-state index in [1.54, 1.807) is 38.0 Å². The number of carbonyl (C=O) groups excluding carboxylic acids is 2. The lowest BCUT2D eigenvalue weighted by Gasteiger charge is -2.32. The Morgan fingerprint density at radius 2 is 1.42 bits per heavy atom. The first-order valence-electron chi connectivity index (χ1n) is 10.6. The van der Waals surface area contributed by atoms with Crippen molar-refractivity contribution >= 4 is 22.6 Å². The van der Waals surface area contributed by atoms with Crippen LogP contribution >= 0.6 is 0 Å². The molecule has 162 valence electrons. The molecule has 5 nitrogen and oxygen atoms in total. The van der Waals surface area contributed by atoms with Crippen molar-refractivity contribution in [3.8, 4) is 0 Å². The summed E-state index contributed by atoms with van der Waals surface area (Å²) in [6.45, 7) is 0. The third-order valence-electron chi connectivity index (χ3n) is 5.71. The summed E-state index contributed by atoms with van der Waals surface area (Å²) in [5, 5.41) is 5.48. The van der Waals surface area contributed by atoms with Gasteiger partial charge in [0.1, 0.15) is 6.04 Å². The second-order valence-corrected chi connectivity index (χ2v) is 8.11. The first kappa shape index (κ1) is 22.5. The summed E-state index contributed by atoms with van der Waals surface area (Å²) >= 11 is 0. The lowest BCUT2D eigenvalue weighted by Crippen LogP contribution is -2.54. The largest absolute Gasteiger partial charge is 0.347 e. The minimum atomic E-state index is -0.558. The third kappa shape index (κ3) is 5.50. The predicted molar refractivity (Wildman–Crippen MR) is 126 cm³/mol. The fourth-order valence-corrected chi connectivity index (χ4v) is 3.84. The molecule has 2 atom stereocenters. The molecule has 5 heteroatoms. The van der Waals surface area contributed by atoms with Crippen LogP contribution in [0.4, 0.5) is 0 Å². The van der Waals surface area contributed by atoms with Gasteiger partial charge in [0.2, 0.25) is 11.8 Å². The highest BCUT2D eigenvalue weighted by atomic mass is 16.2. The van der Waals surface area contributed by atoms with Gasteiger partial charge in [0.05, 0.1) is 6.04 Å². The predicted octanol–water partition coefficient (Wildman–Crippen LogP) is 3.13. The number of hydrogen-bond donors (Lipinski definition) is 1. The number of benzene rings is 3. The van der Waals surface area contributed by atoms with Gasteiger partial charge in [-0.2, -0.15) is 0 Å². The van der Waals surface area contributed by atoms with Gasteiger partial charge in [-0.15, -0.1) is 0 Å². The van der Waals surface area contributed by atoms with E-state index in [4.69, 9.17) is 0 Å². The van der Waals surface area contributed by atoms with Gasteiger partial charge in [-0.05, 0) is 35.4 Å². The summed E-state index contributed by atoms with van der Waals surface area (Å²) in [6, 6.07) is 23.3. The summed E-state index contributed by atoms with van der Waals surface area (Å²) in [7, 11) is 6.96. The van der Waals surface area contributed by atoms with E-state index >= 15 is 0 Å². The molecule has 0 aromatic heterocycles. The van der Waals surface area contributed by atoms with Crippen molar-refractivity contribution in [2.75, 3.05) is 28.2 Å². The van der Waals surface area contributed by atoms with E-state index in [1.165, 1.54) is 5.39 Å². The van der Waals surface area contributed by atoms with Crippen LogP contribution < -0.4 is 5.32 Å². The standard InChI is InChI=1S/C26H31N3O2/c1-27-23(17-20-14-15-21-12-8-9-13-22(21)16-20)25(30)29(4)24(26(31)28(2)3)18-19-10-6-5-7-11-19/h5-16,23-24,27H,17-18H2,1-4H3/t23?,24-/m1/s1. The number of nitrogens with one attached hydrogen (secondary N) is 1. The number of rotatable bonds is 8. The molecular formula is C26H31N3O2. The maximum Gasteiger partial charge on any atom is 0.245 e. The van der Waals surface area contributed by atoms with Crippen molar-refractivity contribution in [3.05, 3.63) is 83.9 Å². The Morgan fingerprint density at radius 1 is 0.774 bits per heavy atom. The molecule has 1 N–H and O–H groups in total. The summed E-state index contributed by atoms with van der Waals surface area (Å²) in [5.41, 5.74) is 2.11. The van der Waals surface area contributed by atoms with Crippen molar-refractivity contribution in [1.29, 1.82) is 0 Å². The highest BCUT2D eigenvalue weighted by molar-refractivity contribution is 5.90. The normalized spacial score (nSPS) is 12.9. The van der Waals surface area contributed by atoms with Crippen LogP contribution in [0.3, 0.4) is 0 Å². The Bertz CT molecular complexity index is 1030. The van der Waals surface area contributed by atoms with Crippen LogP contribution in [0.25, 0.3) is 10.8 Å². The van der Waals surface area contributed by atoms with Crippen LogP contribution in [0, 0.1) is 0 Å². The van der Waals surface area contributed by atoms with Crippen LogP contribution in [0.1, 0.15) is 11.1 Å². The molecule has 31 heavy (non-hydrogen) atoms. The molecule has 3 aromatic carbocycles. The topological polar surface area (TPSA) is 52.7 Å². The van der Waals surface area contributed by atoms with E-state index in [9.17, 15) is 9.59 Å². The highest BCUT2D eigenvalue weighted by Crippen LogP contribution is 2.18. The zero-order valence-corrected chi connectivity index (χ0v) is 18.7. The zero-order valence-electron chi connectivity index (χ0n) is 18.7. The molecule has 2 amide bonds. The molecule has 3 aromatic rings. The minimum absolute atomic E-state index is 0.0831. The summed E-state index contributed by atoms with van der Waals surface area (Å²) in [6.07, 6.45) is 1.03. The SMILES string of the molecule is CNC(Cc1ccc2ccccc2c1)C(=O)N(C)[C@H](Cc1ccccc1)C(=O)N(C)C. The van der Waals surface area contributed by atoms with E-state index in [-0.39, 0.29) is 11.8 Å². The van der Waals surface area contributed by atoms with Crippen molar-refractivity contribution in [3.63, 3.8) is 0 Å². The van der Waals surface area contributed by atoms with Crippen LogP contribution in [-0.4, -0.2) is 61.9 Å². The molecule has 0 spiro atoms. The Morgan fingerprint density at radius 3 is 2.06 bits per heavy atom. The lowest BCUT2D eigenvalue weighted by molar-refractivity contribution is -0.144. The third-order valence-corrected chi connectivity index (χ3v) is 5.71. The first-order valence-corrected chi connectivity index (χ1v) is 10.6. The van der Waals surface area contributed by atoms with Gasteiger partial charge in [0.25, 0.3) is 0 Å². The van der Waals surface area contributed by atoms with Crippen LogP contribution in [-0.2, 0) is 22.4 Å². The average molecular weight is 418 g/mol. The van der Waals surface area contributed by atoms with Crippen molar-refractivity contribution in [2.24, 2.45) is 0 Å². The summed E-state index contributed by atoms with van der Waals surface area (Å²) in [4.78, 5) is 29.5. The van der Waals surface area contributed by atoms with E-state index < -0.39 is 12.1 Å². The molecule has 0 aliphatic heterocycles. The number of amides is 2. The molecule has 0 aliphatic rings. The fraction of sp³-hybridized carbons (Fsp3) is 0.308. The van der Waals surface area contributed by atoms with E-state index in [1.807, 2.05) is 42.5 Å². The second kappa shape index (κ2) is 10.2. The molecule has 3 rings (SSSR count). The van der Waals surface area contributed by atoms with Crippen molar-refractivity contribution in [2.45, 2.75) is 24.9 Å². The fourth-order valence-electron chi connectivity index (χ4n) is 3.84. The Labute approximate surface area is 184 Å². The van der Waals surface area contributed by atoms with Crippen LogP contribution in [0.15, 0.2) is 72.8 Å². The van der Waals surface area contributed by atoms with Gasteiger partial charge in [0, 0.05) is 27.6 Å². The van der Waals surface area contributed by atoms with Crippen molar-refractivity contribution < 1.29 is 9.59 Å². The zero-order chi connectivity index (χ0) is 22.4. The molecule has 0 saturated carbocycles. The van der Waals surface area contributed by atoms with Gasteiger partial charge >= 0.3 is 0 Å². The first-order chi connectivity index (χ1) is 14.9. The van der Waals surface area contributed by atoms with Crippen LogP contribution in [0.2, 0.25) is 0 Å². The molecule has 1 unspecified atom stereocenters. The number of hydrogen-bond acceptors (Lipinski definition) is 3. The molecule has 0 radical (unpaired) electrons. The smallest absolute Gasteiger partial charge is 0.245 e. The van der Waals surface area contributed by atoms with E-state index in [0.717, 1.165) is 16.5 Å². The molecule has 0 fully saturated rings. The van der Waals surface area contributed by atoms with E-state index in [0.29, 0.717) is 12.8 Å². The van der Waals surface area contributed by atoms with Gasteiger partial charge in [0.15, 0.2) is 0 Å². The van der Waals surface area contributed by atoms with Crippen molar-refractivity contribution in [1.82, 2.24) is 15.1 Å². The minimum Gasteiger partial charge on any atom is -0.347 e. The molecular weight excluding hydrogens is 386 g/mol. The van der Waals surface area contributed by atoms with Crippen LogP contribution in [0.5, 0.6) is 0 Å². The van der Waals surface area contributed by atoms with Gasteiger partial charge in [-0.1, -0.05) is 72.8 Å². The van der Waals surface area contributed by atoms with Gasteiger partial charge in [-0.25, -0.2) is 0 Å². The number of carbonyl (C=O) groups is 2. The number of likely N-dealkylation sites (N-methyl/N-ethyl adjacent to an activating group) is 3. The van der Waals surface area contributed by atoms with Gasteiger partial charge < -0.3 is 15.1 Å². The monoisotopic (exact) mass is 417 g/mol. The molecule has 0 saturated heterocycles. The Kier molecular flexibility index (Phi) is 7.42. The Balaban J connectivity index is 1.80. The maximum absolute atomic E-state index is 13.4. The second-order valence-electron chi connectivity index (χ2n) is 8.11. The van der Waals surface area contributed by atoms with Gasteiger partial charge in [-0.3, -0.25) is 9.59 Å². The summed E-state index contributed by atoms with van der Waals surface area (Å²) < 4.78 is 0. The molecule has 0 bridgehead atoms. The lowest BCUT2D eigenvalue weighted by atomic mass is 9.99. The highest BCUT2D eigenvalue weighted by Gasteiger charge is 2.31. The quantitative estimate of drug-likeness (QED) is 0.613. The number of nitrogens with zero attached hydrogens (tertiary/aromatic N) is 2. The molecule has 0 aliphatic carbocycles. The number of fused-ring (bicyclic) bond motifs is 1.